The maximum Gasteiger partial charge on any atom is 0.121 e. The molecular formula is C9H16N2O2. The van der Waals surface area contributed by atoms with Crippen molar-refractivity contribution >= 4 is 0 Å². The van der Waals surface area contributed by atoms with Gasteiger partial charge in [0.05, 0.1) is 12.3 Å². The van der Waals surface area contributed by atoms with Crippen molar-refractivity contribution in [2.24, 2.45) is 5.92 Å². The van der Waals surface area contributed by atoms with E-state index in [-0.39, 0.29) is 6.61 Å². The molecule has 1 atom stereocenters. The molecule has 0 saturated carbocycles. The molecule has 0 aliphatic rings. The molecule has 0 saturated heterocycles. The van der Waals surface area contributed by atoms with Crippen molar-refractivity contribution in [3.63, 3.8) is 0 Å². The quantitative estimate of drug-likeness (QED) is 0.719. The van der Waals surface area contributed by atoms with E-state index < -0.39 is 6.10 Å². The van der Waals surface area contributed by atoms with E-state index in [1.165, 1.54) is 0 Å². The molecule has 0 bridgehead atoms. The second-order valence-electron chi connectivity index (χ2n) is 3.55. The third-order valence-corrected chi connectivity index (χ3v) is 1.73. The Morgan fingerprint density at radius 2 is 2.23 bits per heavy atom. The standard InChI is InChI=1S/C9H16N2O2/c1-7(2)5-11-4-3-8(10-11)9(13)6-12/h3-4,7,9,12-13H,5-6H2,1-2H3. The van der Waals surface area contributed by atoms with Gasteiger partial charge in [-0.3, -0.25) is 4.68 Å². The highest BCUT2D eigenvalue weighted by molar-refractivity contribution is 5.02. The van der Waals surface area contributed by atoms with Crippen LogP contribution in [0.5, 0.6) is 0 Å². The van der Waals surface area contributed by atoms with E-state index in [4.69, 9.17) is 5.11 Å². The van der Waals surface area contributed by atoms with E-state index >= 15 is 0 Å². The molecule has 1 rings (SSSR count). The van der Waals surface area contributed by atoms with Gasteiger partial charge in [-0.15, -0.1) is 0 Å². The van der Waals surface area contributed by atoms with Gasteiger partial charge in [0, 0.05) is 12.7 Å². The van der Waals surface area contributed by atoms with Gasteiger partial charge in [-0.05, 0) is 12.0 Å². The van der Waals surface area contributed by atoms with Crippen molar-refractivity contribution in [1.29, 1.82) is 0 Å². The molecule has 1 aromatic heterocycles. The van der Waals surface area contributed by atoms with Crippen LogP contribution in [0.25, 0.3) is 0 Å². The number of hydrogen-bond donors (Lipinski definition) is 2. The lowest BCUT2D eigenvalue weighted by atomic mass is 10.2. The zero-order valence-corrected chi connectivity index (χ0v) is 8.01. The molecule has 2 N–H and O–H groups in total. The van der Waals surface area contributed by atoms with E-state index in [0.717, 1.165) is 6.54 Å². The summed E-state index contributed by atoms with van der Waals surface area (Å²) in [5.41, 5.74) is 0.531. The van der Waals surface area contributed by atoms with Gasteiger partial charge in [0.2, 0.25) is 0 Å². The predicted molar refractivity (Wildman–Crippen MR) is 49.1 cm³/mol. The molecule has 1 heterocycles. The summed E-state index contributed by atoms with van der Waals surface area (Å²) >= 11 is 0. The number of aliphatic hydroxyl groups is 2. The van der Waals surface area contributed by atoms with Crippen molar-refractivity contribution in [2.75, 3.05) is 6.61 Å². The minimum atomic E-state index is -0.853. The first kappa shape index (κ1) is 10.2. The molecule has 4 heteroatoms. The molecule has 74 valence electrons. The lowest BCUT2D eigenvalue weighted by Gasteiger charge is -2.05. The maximum atomic E-state index is 9.25. The highest BCUT2D eigenvalue weighted by Gasteiger charge is 2.09. The number of hydrogen-bond acceptors (Lipinski definition) is 3. The molecule has 0 aromatic carbocycles. The van der Waals surface area contributed by atoms with Gasteiger partial charge in [-0.25, -0.2) is 0 Å². The summed E-state index contributed by atoms with van der Waals surface area (Å²) in [4.78, 5) is 0. The Morgan fingerprint density at radius 3 is 2.77 bits per heavy atom. The third-order valence-electron chi connectivity index (χ3n) is 1.73. The van der Waals surface area contributed by atoms with Crippen LogP contribution in [0, 0.1) is 5.92 Å². The van der Waals surface area contributed by atoms with Gasteiger partial charge in [0.1, 0.15) is 6.10 Å². The van der Waals surface area contributed by atoms with E-state index in [1.54, 1.807) is 10.7 Å². The Morgan fingerprint density at radius 1 is 1.54 bits per heavy atom. The summed E-state index contributed by atoms with van der Waals surface area (Å²) in [6.45, 7) is 4.75. The summed E-state index contributed by atoms with van der Waals surface area (Å²) in [6, 6.07) is 1.73. The van der Waals surface area contributed by atoms with Crippen LogP contribution >= 0.6 is 0 Å². The number of rotatable bonds is 4. The van der Waals surface area contributed by atoms with Gasteiger partial charge in [-0.1, -0.05) is 13.8 Å². The molecule has 1 unspecified atom stereocenters. The highest BCUT2D eigenvalue weighted by Crippen LogP contribution is 2.09. The highest BCUT2D eigenvalue weighted by atomic mass is 16.3. The van der Waals surface area contributed by atoms with E-state index in [9.17, 15) is 5.11 Å². The normalized spacial score (nSPS) is 13.6. The Balaban J connectivity index is 2.63. The Labute approximate surface area is 77.8 Å². The van der Waals surface area contributed by atoms with Gasteiger partial charge in [0.25, 0.3) is 0 Å². The first-order valence-electron chi connectivity index (χ1n) is 4.45. The molecule has 0 aliphatic heterocycles. The molecular weight excluding hydrogens is 168 g/mol. The van der Waals surface area contributed by atoms with E-state index in [2.05, 4.69) is 18.9 Å². The minimum Gasteiger partial charge on any atom is -0.393 e. The maximum absolute atomic E-state index is 9.25. The Kier molecular flexibility index (Phi) is 3.45. The van der Waals surface area contributed by atoms with Crippen LogP contribution < -0.4 is 0 Å². The van der Waals surface area contributed by atoms with Crippen LogP contribution in [0.15, 0.2) is 12.3 Å². The largest absolute Gasteiger partial charge is 0.393 e. The average Bonchev–Trinajstić information content (AvgIpc) is 2.50. The van der Waals surface area contributed by atoms with Crippen molar-refractivity contribution < 1.29 is 10.2 Å². The Bertz CT molecular complexity index is 258. The number of aromatic nitrogens is 2. The van der Waals surface area contributed by atoms with E-state index in [0.29, 0.717) is 11.6 Å². The minimum absolute atomic E-state index is 0.279. The fraction of sp³-hybridized carbons (Fsp3) is 0.667. The van der Waals surface area contributed by atoms with Gasteiger partial charge in [-0.2, -0.15) is 5.10 Å². The molecule has 4 nitrogen and oxygen atoms in total. The molecule has 0 amide bonds. The Hall–Kier alpha value is -0.870. The summed E-state index contributed by atoms with van der Waals surface area (Å²) in [7, 11) is 0. The topological polar surface area (TPSA) is 58.3 Å². The van der Waals surface area contributed by atoms with Crippen LogP contribution in [0.3, 0.4) is 0 Å². The number of aliphatic hydroxyl groups excluding tert-OH is 2. The van der Waals surface area contributed by atoms with Crippen molar-refractivity contribution in [3.05, 3.63) is 18.0 Å². The molecule has 13 heavy (non-hydrogen) atoms. The predicted octanol–water partition coefficient (Wildman–Crippen LogP) is 0.565. The fourth-order valence-electron chi connectivity index (χ4n) is 1.12. The van der Waals surface area contributed by atoms with Crippen LogP contribution in [0.4, 0.5) is 0 Å². The smallest absolute Gasteiger partial charge is 0.121 e. The lowest BCUT2D eigenvalue weighted by molar-refractivity contribution is 0.0915. The molecule has 1 aromatic rings. The summed E-state index contributed by atoms with van der Waals surface area (Å²) in [5.74, 6) is 0.527. The van der Waals surface area contributed by atoms with Gasteiger partial charge < -0.3 is 10.2 Å². The molecule has 0 fully saturated rings. The summed E-state index contributed by atoms with van der Waals surface area (Å²) in [6.07, 6.45) is 0.960. The van der Waals surface area contributed by atoms with Gasteiger partial charge in [0.15, 0.2) is 0 Å². The SMILES string of the molecule is CC(C)Cn1ccc(C(O)CO)n1. The van der Waals surface area contributed by atoms with Crippen molar-refractivity contribution in [2.45, 2.75) is 26.5 Å². The zero-order chi connectivity index (χ0) is 9.84. The first-order chi connectivity index (χ1) is 6.13. The number of nitrogens with zero attached hydrogens (tertiary/aromatic N) is 2. The fourth-order valence-corrected chi connectivity index (χ4v) is 1.12. The van der Waals surface area contributed by atoms with Crippen LogP contribution in [0.1, 0.15) is 25.6 Å². The third kappa shape index (κ3) is 2.82. The monoisotopic (exact) mass is 184 g/mol. The zero-order valence-electron chi connectivity index (χ0n) is 8.01. The van der Waals surface area contributed by atoms with Crippen molar-refractivity contribution in [3.8, 4) is 0 Å². The van der Waals surface area contributed by atoms with Crippen LogP contribution in [-0.2, 0) is 6.54 Å². The van der Waals surface area contributed by atoms with Gasteiger partial charge >= 0.3 is 0 Å². The average molecular weight is 184 g/mol. The van der Waals surface area contributed by atoms with Crippen LogP contribution in [-0.4, -0.2) is 26.6 Å². The molecule has 0 spiro atoms. The van der Waals surface area contributed by atoms with Crippen molar-refractivity contribution in [1.82, 2.24) is 9.78 Å². The van der Waals surface area contributed by atoms with E-state index in [1.807, 2.05) is 6.20 Å². The second kappa shape index (κ2) is 4.39. The molecule has 0 aliphatic carbocycles. The lowest BCUT2D eigenvalue weighted by Crippen LogP contribution is -2.08. The van der Waals surface area contributed by atoms with Crippen LogP contribution in [0.2, 0.25) is 0 Å². The summed E-state index contributed by atoms with van der Waals surface area (Å²) in [5, 5.41) is 22.1. The molecule has 0 radical (unpaired) electrons. The summed E-state index contributed by atoms with van der Waals surface area (Å²) < 4.78 is 1.78. The first-order valence-corrected chi connectivity index (χ1v) is 4.45. The second-order valence-corrected chi connectivity index (χ2v) is 3.55.